The van der Waals surface area contributed by atoms with Crippen LogP contribution in [0.15, 0.2) is 78.9 Å². The van der Waals surface area contributed by atoms with E-state index in [0.717, 1.165) is 17.0 Å². The molecule has 29 heavy (non-hydrogen) atoms. The van der Waals surface area contributed by atoms with Crippen molar-refractivity contribution in [2.24, 2.45) is 0 Å². The lowest BCUT2D eigenvalue weighted by atomic mass is 10.2. The van der Waals surface area contributed by atoms with E-state index < -0.39 is 6.04 Å². The van der Waals surface area contributed by atoms with Crippen molar-refractivity contribution in [3.8, 4) is 5.75 Å². The standard InChI is InChI=1S/C23H19ClN2O3/c24-17-7-4-8-19(13-17)26-22(27)14-21(23(26)28)25-18-9-11-20(12-10-18)29-15-16-5-2-1-3-6-16/h1-13,21,25H,14-15H2/t21-/m0/s1. The van der Waals surface area contributed by atoms with E-state index >= 15 is 0 Å². The Labute approximate surface area is 173 Å². The summed E-state index contributed by atoms with van der Waals surface area (Å²) in [5.41, 5.74) is 2.32. The monoisotopic (exact) mass is 406 g/mol. The molecule has 146 valence electrons. The van der Waals surface area contributed by atoms with Crippen LogP contribution in [0.4, 0.5) is 11.4 Å². The Morgan fingerprint density at radius 3 is 2.45 bits per heavy atom. The van der Waals surface area contributed by atoms with Gasteiger partial charge in [-0.3, -0.25) is 9.59 Å². The van der Waals surface area contributed by atoms with Crippen LogP contribution < -0.4 is 15.0 Å². The van der Waals surface area contributed by atoms with Crippen LogP contribution in [0.2, 0.25) is 5.02 Å². The molecule has 1 heterocycles. The summed E-state index contributed by atoms with van der Waals surface area (Å²) in [6.07, 6.45) is 0.0948. The molecule has 1 aliphatic rings. The molecule has 6 heteroatoms. The molecule has 1 saturated heterocycles. The predicted octanol–water partition coefficient (Wildman–Crippen LogP) is 4.66. The molecule has 3 aromatic rings. The molecule has 5 nitrogen and oxygen atoms in total. The molecule has 0 radical (unpaired) electrons. The Balaban J connectivity index is 1.39. The maximum absolute atomic E-state index is 12.7. The summed E-state index contributed by atoms with van der Waals surface area (Å²) in [7, 11) is 0. The smallest absolute Gasteiger partial charge is 0.256 e. The number of hydrogen-bond acceptors (Lipinski definition) is 4. The molecule has 3 aromatic carbocycles. The van der Waals surface area contributed by atoms with Gasteiger partial charge in [-0.2, -0.15) is 0 Å². The quantitative estimate of drug-likeness (QED) is 0.605. The molecule has 1 N–H and O–H groups in total. The van der Waals surface area contributed by atoms with Gasteiger partial charge in [-0.25, -0.2) is 4.90 Å². The number of anilines is 2. The highest BCUT2D eigenvalue weighted by Crippen LogP contribution is 2.27. The molecule has 0 unspecified atom stereocenters. The van der Waals surface area contributed by atoms with E-state index in [1.807, 2.05) is 54.6 Å². The third-order valence-electron chi connectivity index (χ3n) is 4.66. The van der Waals surface area contributed by atoms with Gasteiger partial charge >= 0.3 is 0 Å². The average molecular weight is 407 g/mol. The lowest BCUT2D eigenvalue weighted by molar-refractivity contribution is -0.121. The number of rotatable bonds is 6. The van der Waals surface area contributed by atoms with Crippen LogP contribution >= 0.6 is 11.6 Å². The van der Waals surface area contributed by atoms with E-state index in [1.54, 1.807) is 24.3 Å². The third kappa shape index (κ3) is 4.41. The Kier molecular flexibility index (Phi) is 5.49. The van der Waals surface area contributed by atoms with Crippen LogP contribution in [-0.2, 0) is 16.2 Å². The number of carbonyl (C=O) groups excluding carboxylic acids is 2. The largest absolute Gasteiger partial charge is 0.489 e. The van der Waals surface area contributed by atoms with Crippen molar-refractivity contribution >= 4 is 34.8 Å². The molecular weight excluding hydrogens is 388 g/mol. The van der Waals surface area contributed by atoms with Gasteiger partial charge in [0.05, 0.1) is 12.1 Å². The van der Waals surface area contributed by atoms with E-state index in [9.17, 15) is 9.59 Å². The van der Waals surface area contributed by atoms with Gasteiger partial charge in [-0.1, -0.05) is 48.0 Å². The van der Waals surface area contributed by atoms with E-state index in [4.69, 9.17) is 16.3 Å². The summed E-state index contributed by atoms with van der Waals surface area (Å²) in [4.78, 5) is 26.3. The number of nitrogens with one attached hydrogen (secondary N) is 1. The van der Waals surface area contributed by atoms with Crippen molar-refractivity contribution in [1.82, 2.24) is 0 Å². The van der Waals surface area contributed by atoms with Crippen molar-refractivity contribution in [3.63, 3.8) is 0 Å². The zero-order chi connectivity index (χ0) is 20.2. The molecule has 1 fully saturated rings. The van der Waals surface area contributed by atoms with Crippen molar-refractivity contribution in [2.75, 3.05) is 10.2 Å². The summed E-state index contributed by atoms with van der Waals surface area (Å²) in [5.74, 6) is 0.188. The van der Waals surface area contributed by atoms with Crippen LogP contribution in [0.5, 0.6) is 5.75 Å². The molecular formula is C23H19ClN2O3. The average Bonchev–Trinajstić information content (AvgIpc) is 3.01. The van der Waals surface area contributed by atoms with Gasteiger partial charge in [-0.15, -0.1) is 0 Å². The number of halogens is 1. The normalized spacial score (nSPS) is 16.2. The first kappa shape index (κ1) is 19.0. The van der Waals surface area contributed by atoms with Crippen LogP contribution in [0.3, 0.4) is 0 Å². The molecule has 0 aromatic heterocycles. The maximum Gasteiger partial charge on any atom is 0.256 e. The Morgan fingerprint density at radius 2 is 1.72 bits per heavy atom. The highest BCUT2D eigenvalue weighted by molar-refractivity contribution is 6.31. The molecule has 0 bridgehead atoms. The summed E-state index contributed by atoms with van der Waals surface area (Å²) in [6, 6.07) is 23.4. The first-order chi connectivity index (χ1) is 14.1. The maximum atomic E-state index is 12.7. The number of benzene rings is 3. The number of amides is 2. The first-order valence-corrected chi connectivity index (χ1v) is 9.63. The van der Waals surface area contributed by atoms with Crippen molar-refractivity contribution in [3.05, 3.63) is 89.4 Å². The molecule has 0 spiro atoms. The van der Waals surface area contributed by atoms with Gasteiger partial charge < -0.3 is 10.1 Å². The second kappa shape index (κ2) is 8.37. The molecule has 2 amide bonds. The second-order valence-corrected chi connectivity index (χ2v) is 7.18. The minimum atomic E-state index is -0.613. The fourth-order valence-electron chi connectivity index (χ4n) is 3.22. The van der Waals surface area contributed by atoms with E-state index in [2.05, 4.69) is 5.32 Å². The highest BCUT2D eigenvalue weighted by Gasteiger charge is 2.39. The van der Waals surface area contributed by atoms with Crippen LogP contribution in [-0.4, -0.2) is 17.9 Å². The third-order valence-corrected chi connectivity index (χ3v) is 4.89. The van der Waals surface area contributed by atoms with Crippen LogP contribution in [0.1, 0.15) is 12.0 Å². The Bertz CT molecular complexity index is 1020. The highest BCUT2D eigenvalue weighted by atomic mass is 35.5. The number of ether oxygens (including phenoxy) is 1. The lowest BCUT2D eigenvalue weighted by Gasteiger charge is -2.16. The predicted molar refractivity (Wildman–Crippen MR) is 113 cm³/mol. The van der Waals surface area contributed by atoms with Gasteiger partial charge in [0.1, 0.15) is 18.4 Å². The van der Waals surface area contributed by atoms with E-state index in [-0.39, 0.29) is 18.2 Å². The van der Waals surface area contributed by atoms with Gasteiger partial charge in [-0.05, 0) is 48.0 Å². The summed E-state index contributed by atoms with van der Waals surface area (Å²) in [6.45, 7) is 0.484. The number of carbonyl (C=O) groups is 2. The molecule has 0 saturated carbocycles. The number of hydrogen-bond donors (Lipinski definition) is 1. The Hall–Kier alpha value is -3.31. The summed E-state index contributed by atoms with van der Waals surface area (Å²) < 4.78 is 5.77. The molecule has 1 atom stereocenters. The van der Waals surface area contributed by atoms with Crippen molar-refractivity contribution in [2.45, 2.75) is 19.1 Å². The lowest BCUT2D eigenvalue weighted by Crippen LogP contribution is -2.34. The molecule has 1 aliphatic heterocycles. The van der Waals surface area contributed by atoms with Crippen LogP contribution in [0.25, 0.3) is 0 Å². The van der Waals surface area contributed by atoms with Crippen molar-refractivity contribution in [1.29, 1.82) is 0 Å². The minimum Gasteiger partial charge on any atom is -0.489 e. The minimum absolute atomic E-state index is 0.0948. The number of imide groups is 1. The molecule has 0 aliphatic carbocycles. The summed E-state index contributed by atoms with van der Waals surface area (Å²) in [5, 5.41) is 3.61. The fraction of sp³-hybridized carbons (Fsp3) is 0.130. The van der Waals surface area contributed by atoms with Gasteiger partial charge in [0, 0.05) is 10.7 Å². The second-order valence-electron chi connectivity index (χ2n) is 6.75. The van der Waals surface area contributed by atoms with Gasteiger partial charge in [0.15, 0.2) is 0 Å². The topological polar surface area (TPSA) is 58.6 Å². The SMILES string of the molecule is O=C1C[C@H](Nc2ccc(OCc3ccccc3)cc2)C(=O)N1c1cccc(Cl)c1. The van der Waals surface area contributed by atoms with E-state index in [0.29, 0.717) is 17.3 Å². The Morgan fingerprint density at radius 1 is 0.966 bits per heavy atom. The van der Waals surface area contributed by atoms with Gasteiger partial charge in [0.2, 0.25) is 5.91 Å². The summed E-state index contributed by atoms with van der Waals surface area (Å²) >= 11 is 5.99. The molecule has 4 rings (SSSR count). The van der Waals surface area contributed by atoms with Gasteiger partial charge in [0.25, 0.3) is 5.91 Å². The number of nitrogens with zero attached hydrogens (tertiary/aromatic N) is 1. The van der Waals surface area contributed by atoms with E-state index in [1.165, 1.54) is 4.90 Å². The van der Waals surface area contributed by atoms with Crippen LogP contribution in [0, 0.1) is 0 Å². The zero-order valence-electron chi connectivity index (χ0n) is 15.5. The fourth-order valence-corrected chi connectivity index (χ4v) is 3.41. The zero-order valence-corrected chi connectivity index (χ0v) is 16.3. The first-order valence-electron chi connectivity index (χ1n) is 9.26. The van der Waals surface area contributed by atoms with Crippen molar-refractivity contribution < 1.29 is 14.3 Å².